The van der Waals surface area contributed by atoms with E-state index in [2.05, 4.69) is 10.6 Å². The zero-order valence-electron chi connectivity index (χ0n) is 8.41. The number of carbonyl (C=O) groups is 2. The van der Waals surface area contributed by atoms with E-state index in [4.69, 9.17) is 10.5 Å². The maximum absolute atomic E-state index is 11.0. The Morgan fingerprint density at radius 3 is 1.80 bits per heavy atom. The topological polar surface area (TPSA) is 106 Å². The average molecular weight is 208 g/mol. The van der Waals surface area contributed by atoms with E-state index >= 15 is 0 Å². The Kier molecular flexibility index (Phi) is 6.32. The molecule has 0 heterocycles. The molecule has 0 aromatic heterocycles. The second-order valence-electron chi connectivity index (χ2n) is 2.77. The highest BCUT2D eigenvalue weighted by atomic mass is 16.2. The molecule has 0 atom stereocenters. The minimum atomic E-state index is -0.522. The van der Waals surface area contributed by atoms with E-state index in [-0.39, 0.29) is 12.8 Å². The van der Waals surface area contributed by atoms with Crippen LogP contribution >= 0.6 is 0 Å². The predicted octanol–water partition coefficient (Wildman–Crippen LogP) is -0.218. The van der Waals surface area contributed by atoms with Crippen molar-refractivity contribution >= 4 is 11.8 Å². The molecule has 0 saturated heterocycles. The van der Waals surface area contributed by atoms with Crippen LogP contribution in [0.25, 0.3) is 0 Å². The van der Waals surface area contributed by atoms with Crippen LogP contribution in [0.15, 0.2) is 0 Å². The first-order valence-corrected chi connectivity index (χ1v) is 4.46. The molecule has 6 nitrogen and oxygen atoms in total. The first-order chi connectivity index (χ1) is 7.13. The summed E-state index contributed by atoms with van der Waals surface area (Å²) in [6, 6.07) is 3.40. The SMILES string of the molecule is CCC(NC(=O)CC#N)NC(=O)CC#N. The number of hydrogen-bond acceptors (Lipinski definition) is 4. The minimum absolute atomic E-state index is 0.245. The molecule has 0 saturated carbocycles. The Bertz CT molecular complexity index is 283. The number of nitrogens with one attached hydrogen (secondary N) is 2. The van der Waals surface area contributed by atoms with Gasteiger partial charge in [-0.05, 0) is 6.42 Å². The van der Waals surface area contributed by atoms with E-state index in [9.17, 15) is 9.59 Å². The summed E-state index contributed by atoms with van der Waals surface area (Å²) in [7, 11) is 0. The van der Waals surface area contributed by atoms with Crippen LogP contribution in [0.3, 0.4) is 0 Å². The van der Waals surface area contributed by atoms with Crippen LogP contribution in [0.1, 0.15) is 26.2 Å². The third-order valence-corrected chi connectivity index (χ3v) is 1.56. The van der Waals surface area contributed by atoms with Gasteiger partial charge in [0.05, 0.1) is 12.1 Å². The van der Waals surface area contributed by atoms with E-state index in [1.165, 1.54) is 0 Å². The molecule has 0 aromatic rings. The zero-order chi connectivity index (χ0) is 11.7. The molecule has 0 aliphatic carbocycles. The summed E-state index contributed by atoms with van der Waals surface area (Å²) in [5.74, 6) is -0.886. The van der Waals surface area contributed by atoms with E-state index in [1.54, 1.807) is 19.1 Å². The summed E-state index contributed by atoms with van der Waals surface area (Å²) >= 11 is 0. The summed E-state index contributed by atoms with van der Waals surface area (Å²) in [5.41, 5.74) is 0. The van der Waals surface area contributed by atoms with Crippen LogP contribution in [0.4, 0.5) is 0 Å². The molecular formula is C9H12N4O2. The lowest BCUT2D eigenvalue weighted by Gasteiger charge is -2.16. The first kappa shape index (κ1) is 12.9. The monoisotopic (exact) mass is 208 g/mol. The fraction of sp³-hybridized carbons (Fsp3) is 0.556. The van der Waals surface area contributed by atoms with Crippen molar-refractivity contribution in [3.05, 3.63) is 0 Å². The quantitative estimate of drug-likeness (QED) is 0.609. The molecule has 0 aliphatic rings. The Labute approximate surface area is 87.9 Å². The van der Waals surface area contributed by atoms with Crippen LogP contribution in [0.5, 0.6) is 0 Å². The van der Waals surface area contributed by atoms with Crippen molar-refractivity contribution in [2.45, 2.75) is 32.4 Å². The molecule has 0 unspecified atom stereocenters. The maximum atomic E-state index is 11.0. The van der Waals surface area contributed by atoms with Crippen molar-refractivity contribution in [3.8, 4) is 12.1 Å². The fourth-order valence-corrected chi connectivity index (χ4v) is 0.875. The Morgan fingerprint density at radius 1 is 1.13 bits per heavy atom. The molecular weight excluding hydrogens is 196 g/mol. The molecule has 2 N–H and O–H groups in total. The van der Waals surface area contributed by atoms with Crippen LogP contribution in [-0.2, 0) is 9.59 Å². The van der Waals surface area contributed by atoms with Crippen molar-refractivity contribution < 1.29 is 9.59 Å². The second kappa shape index (κ2) is 7.34. The Hall–Kier alpha value is -2.08. The molecule has 15 heavy (non-hydrogen) atoms. The van der Waals surface area contributed by atoms with Crippen molar-refractivity contribution in [3.63, 3.8) is 0 Å². The number of nitriles is 2. The number of nitrogens with zero attached hydrogens (tertiary/aromatic N) is 2. The van der Waals surface area contributed by atoms with Crippen LogP contribution in [-0.4, -0.2) is 18.0 Å². The molecule has 0 spiro atoms. The van der Waals surface area contributed by atoms with Gasteiger partial charge >= 0.3 is 0 Å². The molecule has 0 aromatic carbocycles. The first-order valence-electron chi connectivity index (χ1n) is 4.46. The van der Waals surface area contributed by atoms with E-state index < -0.39 is 18.0 Å². The van der Waals surface area contributed by atoms with Gasteiger partial charge in [-0.1, -0.05) is 6.92 Å². The lowest BCUT2D eigenvalue weighted by Crippen LogP contribution is -2.47. The molecule has 6 heteroatoms. The van der Waals surface area contributed by atoms with Gasteiger partial charge in [-0.2, -0.15) is 10.5 Å². The number of hydrogen-bond donors (Lipinski definition) is 2. The molecule has 0 bridgehead atoms. The predicted molar refractivity (Wildman–Crippen MR) is 50.8 cm³/mol. The van der Waals surface area contributed by atoms with Crippen LogP contribution < -0.4 is 10.6 Å². The molecule has 0 fully saturated rings. The highest BCUT2D eigenvalue weighted by Gasteiger charge is 2.12. The van der Waals surface area contributed by atoms with E-state index in [0.717, 1.165) is 0 Å². The summed E-state index contributed by atoms with van der Waals surface area (Å²) in [5, 5.41) is 21.4. The number of rotatable bonds is 5. The molecule has 0 aliphatic heterocycles. The fourth-order valence-electron chi connectivity index (χ4n) is 0.875. The van der Waals surface area contributed by atoms with Crippen molar-refractivity contribution in [1.29, 1.82) is 10.5 Å². The van der Waals surface area contributed by atoms with Crippen LogP contribution in [0, 0.1) is 22.7 Å². The molecule has 2 amide bonds. The second-order valence-corrected chi connectivity index (χ2v) is 2.77. The lowest BCUT2D eigenvalue weighted by atomic mass is 10.3. The molecule has 0 radical (unpaired) electrons. The summed E-state index contributed by atoms with van der Waals surface area (Å²) in [6.45, 7) is 1.77. The summed E-state index contributed by atoms with van der Waals surface area (Å²) in [6.07, 6.45) is -0.518. The normalized spacial score (nSPS) is 8.80. The van der Waals surface area contributed by atoms with Gasteiger partial charge in [0.2, 0.25) is 11.8 Å². The third kappa shape index (κ3) is 6.05. The smallest absolute Gasteiger partial charge is 0.235 e. The largest absolute Gasteiger partial charge is 0.335 e. The molecule has 80 valence electrons. The van der Waals surface area contributed by atoms with Crippen molar-refractivity contribution in [2.75, 3.05) is 0 Å². The van der Waals surface area contributed by atoms with Gasteiger partial charge in [0.1, 0.15) is 19.0 Å². The summed E-state index contributed by atoms with van der Waals surface area (Å²) < 4.78 is 0. The van der Waals surface area contributed by atoms with Gasteiger partial charge in [-0.3, -0.25) is 9.59 Å². The zero-order valence-corrected chi connectivity index (χ0v) is 8.41. The Balaban J connectivity index is 4.05. The molecule has 0 rings (SSSR count). The van der Waals surface area contributed by atoms with E-state index in [0.29, 0.717) is 6.42 Å². The van der Waals surface area contributed by atoms with Gasteiger partial charge in [0.15, 0.2) is 0 Å². The van der Waals surface area contributed by atoms with Crippen molar-refractivity contribution in [2.24, 2.45) is 0 Å². The lowest BCUT2D eigenvalue weighted by molar-refractivity contribution is -0.123. The van der Waals surface area contributed by atoms with Crippen molar-refractivity contribution in [1.82, 2.24) is 10.6 Å². The standard InChI is InChI=1S/C9H12N4O2/c1-2-7(12-8(14)3-5-10)13-9(15)4-6-11/h7H,2-4H2,1H3,(H,12,14)(H,13,15). The van der Waals surface area contributed by atoms with Crippen LogP contribution in [0.2, 0.25) is 0 Å². The van der Waals surface area contributed by atoms with Gasteiger partial charge in [-0.15, -0.1) is 0 Å². The maximum Gasteiger partial charge on any atom is 0.235 e. The van der Waals surface area contributed by atoms with E-state index in [1.807, 2.05) is 0 Å². The highest BCUT2D eigenvalue weighted by Crippen LogP contribution is 1.89. The minimum Gasteiger partial charge on any atom is -0.335 e. The average Bonchev–Trinajstić information content (AvgIpc) is 2.17. The number of amides is 2. The van der Waals surface area contributed by atoms with Gasteiger partial charge in [0.25, 0.3) is 0 Å². The van der Waals surface area contributed by atoms with Gasteiger partial charge < -0.3 is 10.6 Å². The van der Waals surface area contributed by atoms with Gasteiger partial charge in [0, 0.05) is 0 Å². The summed E-state index contributed by atoms with van der Waals surface area (Å²) in [4.78, 5) is 22.0. The highest BCUT2D eigenvalue weighted by molar-refractivity contribution is 5.81. The third-order valence-electron chi connectivity index (χ3n) is 1.56. The Morgan fingerprint density at radius 2 is 1.53 bits per heavy atom. The number of carbonyl (C=O) groups excluding carboxylic acids is 2. The van der Waals surface area contributed by atoms with Gasteiger partial charge in [-0.25, -0.2) is 0 Å².